The van der Waals surface area contributed by atoms with Crippen LogP contribution in [0.1, 0.15) is 81.7 Å². The Bertz CT molecular complexity index is 1180. The van der Waals surface area contributed by atoms with Crippen molar-refractivity contribution in [3.63, 3.8) is 0 Å². The lowest BCUT2D eigenvalue weighted by Crippen LogP contribution is -2.52. The number of benzene rings is 1. The number of hydrogen-bond acceptors (Lipinski definition) is 6. The summed E-state index contributed by atoms with van der Waals surface area (Å²) in [5, 5.41) is 17.9. The summed E-state index contributed by atoms with van der Waals surface area (Å²) in [5.41, 5.74) is 3.89. The standard InChI is InChI=1S/C32H43N3O4/c1-6-22-10-8-11-23(14-22)16-26(35-29(37)21-38-7-2)28(36)20-33-27-18-32(12-9-13-32)39-30-25(27)15-24(19-34-30)17-31(3,4)5/h1,8,10-11,14-15,19,26-28,33,36H,7,9,12-13,16-18,20-21H2,2-5H3,(H,35,37)/t26-,27-,28-/m0/s1. The number of aliphatic hydroxyl groups excluding tert-OH is 1. The van der Waals surface area contributed by atoms with Crippen LogP contribution in [0.2, 0.25) is 0 Å². The molecule has 7 nitrogen and oxygen atoms in total. The number of aliphatic hydroxyl groups is 1. The van der Waals surface area contributed by atoms with Gasteiger partial charge in [0.25, 0.3) is 0 Å². The van der Waals surface area contributed by atoms with E-state index in [2.05, 4.69) is 43.4 Å². The molecule has 2 aliphatic rings. The number of fused-ring (bicyclic) bond motifs is 1. The molecule has 0 bridgehead atoms. The molecule has 0 radical (unpaired) electrons. The lowest BCUT2D eigenvalue weighted by atomic mass is 9.73. The van der Waals surface area contributed by atoms with E-state index in [4.69, 9.17) is 20.9 Å². The van der Waals surface area contributed by atoms with Crippen LogP contribution in [0, 0.1) is 17.8 Å². The summed E-state index contributed by atoms with van der Waals surface area (Å²) < 4.78 is 11.7. The minimum Gasteiger partial charge on any atom is -0.471 e. The Kier molecular flexibility index (Phi) is 9.32. The first kappa shape index (κ1) is 29.1. The molecule has 1 spiro atoms. The van der Waals surface area contributed by atoms with E-state index in [1.54, 1.807) is 0 Å². The van der Waals surface area contributed by atoms with Gasteiger partial charge in [0.15, 0.2) is 0 Å². The highest BCUT2D eigenvalue weighted by Gasteiger charge is 2.46. The van der Waals surface area contributed by atoms with Gasteiger partial charge in [-0.2, -0.15) is 0 Å². The molecular weight excluding hydrogens is 490 g/mol. The van der Waals surface area contributed by atoms with Crippen LogP contribution < -0.4 is 15.4 Å². The fraction of sp³-hybridized carbons (Fsp3) is 0.562. The van der Waals surface area contributed by atoms with Crippen molar-refractivity contribution in [1.29, 1.82) is 0 Å². The van der Waals surface area contributed by atoms with E-state index in [0.717, 1.165) is 48.8 Å². The lowest BCUT2D eigenvalue weighted by molar-refractivity contribution is -0.127. The summed E-state index contributed by atoms with van der Waals surface area (Å²) in [6.07, 6.45) is 12.1. The summed E-state index contributed by atoms with van der Waals surface area (Å²) in [5.74, 6) is 3.09. The monoisotopic (exact) mass is 533 g/mol. The molecule has 1 amide bonds. The van der Waals surface area contributed by atoms with Gasteiger partial charge in [0.1, 0.15) is 12.2 Å². The number of amides is 1. The Labute approximate surface area is 233 Å². The third-order valence-electron chi connectivity index (χ3n) is 7.57. The number of aromatic nitrogens is 1. The number of pyridine rings is 1. The zero-order valence-electron chi connectivity index (χ0n) is 23.8. The van der Waals surface area contributed by atoms with E-state index in [-0.39, 0.29) is 29.6 Å². The van der Waals surface area contributed by atoms with Crippen LogP contribution >= 0.6 is 0 Å². The van der Waals surface area contributed by atoms with Crippen molar-refractivity contribution in [2.45, 2.75) is 90.0 Å². The van der Waals surface area contributed by atoms with Crippen LogP contribution in [0.3, 0.4) is 0 Å². The molecule has 0 saturated heterocycles. The number of carbonyl (C=O) groups excluding carboxylic acids is 1. The summed E-state index contributed by atoms with van der Waals surface area (Å²) in [4.78, 5) is 17.3. The Morgan fingerprint density at radius 3 is 2.77 bits per heavy atom. The number of nitrogens with one attached hydrogen (secondary N) is 2. The van der Waals surface area contributed by atoms with Crippen molar-refractivity contribution in [2.75, 3.05) is 19.8 Å². The molecule has 210 valence electrons. The summed E-state index contributed by atoms with van der Waals surface area (Å²) in [6, 6.07) is 9.33. The van der Waals surface area contributed by atoms with Gasteiger partial charge in [-0.1, -0.05) is 38.8 Å². The first-order valence-corrected chi connectivity index (χ1v) is 14.1. The molecule has 2 aromatic rings. The lowest BCUT2D eigenvalue weighted by Gasteiger charge is -2.47. The number of hydrogen-bond donors (Lipinski definition) is 3. The molecular formula is C32H43N3O4. The molecule has 0 unspecified atom stereocenters. The van der Waals surface area contributed by atoms with Crippen LogP contribution in [0.15, 0.2) is 36.5 Å². The van der Waals surface area contributed by atoms with Crippen molar-refractivity contribution in [2.24, 2.45) is 5.41 Å². The molecule has 1 fully saturated rings. The van der Waals surface area contributed by atoms with Crippen LogP contribution in [0.25, 0.3) is 0 Å². The number of nitrogens with zero attached hydrogens (tertiary/aromatic N) is 1. The average molecular weight is 534 g/mol. The van der Waals surface area contributed by atoms with Crippen molar-refractivity contribution in [3.05, 3.63) is 58.8 Å². The van der Waals surface area contributed by atoms with E-state index in [1.165, 1.54) is 5.56 Å². The molecule has 7 heteroatoms. The molecule has 1 saturated carbocycles. The molecule has 3 N–H and O–H groups in total. The van der Waals surface area contributed by atoms with E-state index >= 15 is 0 Å². The van der Waals surface area contributed by atoms with Crippen molar-refractivity contribution in [3.8, 4) is 18.2 Å². The van der Waals surface area contributed by atoms with E-state index in [9.17, 15) is 9.90 Å². The molecule has 1 aromatic carbocycles. The highest BCUT2D eigenvalue weighted by atomic mass is 16.5. The van der Waals surface area contributed by atoms with Gasteiger partial charge in [0.2, 0.25) is 11.8 Å². The maximum Gasteiger partial charge on any atom is 0.246 e. The fourth-order valence-electron chi connectivity index (χ4n) is 5.52. The molecule has 2 heterocycles. The third kappa shape index (κ3) is 7.82. The van der Waals surface area contributed by atoms with Crippen LogP contribution in [0.5, 0.6) is 5.88 Å². The Balaban J connectivity index is 1.51. The topological polar surface area (TPSA) is 92.7 Å². The number of rotatable bonds is 11. The average Bonchev–Trinajstić information content (AvgIpc) is 2.88. The van der Waals surface area contributed by atoms with E-state index in [0.29, 0.717) is 25.5 Å². The van der Waals surface area contributed by atoms with E-state index < -0.39 is 12.1 Å². The van der Waals surface area contributed by atoms with Crippen molar-refractivity contribution < 1.29 is 19.4 Å². The van der Waals surface area contributed by atoms with Gasteiger partial charge in [0, 0.05) is 42.9 Å². The van der Waals surface area contributed by atoms with Crippen molar-refractivity contribution in [1.82, 2.24) is 15.6 Å². The van der Waals surface area contributed by atoms with Gasteiger partial charge in [0.05, 0.1) is 12.1 Å². The van der Waals surface area contributed by atoms with Gasteiger partial charge in [-0.25, -0.2) is 4.98 Å². The molecule has 1 aliphatic heterocycles. The Morgan fingerprint density at radius 1 is 1.31 bits per heavy atom. The molecule has 3 atom stereocenters. The predicted octanol–water partition coefficient (Wildman–Crippen LogP) is 4.11. The van der Waals surface area contributed by atoms with Crippen molar-refractivity contribution >= 4 is 5.91 Å². The first-order valence-electron chi connectivity index (χ1n) is 14.1. The van der Waals surface area contributed by atoms with Gasteiger partial charge in [-0.15, -0.1) is 6.42 Å². The Morgan fingerprint density at radius 2 is 2.10 bits per heavy atom. The number of terminal acetylenes is 1. The molecule has 4 rings (SSSR count). The zero-order valence-corrected chi connectivity index (χ0v) is 23.8. The summed E-state index contributed by atoms with van der Waals surface area (Å²) in [7, 11) is 0. The van der Waals surface area contributed by atoms with E-state index in [1.807, 2.05) is 37.4 Å². The largest absolute Gasteiger partial charge is 0.471 e. The quantitative estimate of drug-likeness (QED) is 0.377. The second-order valence-corrected chi connectivity index (χ2v) is 12.2. The smallest absolute Gasteiger partial charge is 0.246 e. The number of carbonyl (C=O) groups is 1. The van der Waals surface area contributed by atoms with Gasteiger partial charge in [-0.05, 0) is 73.8 Å². The normalized spacial score (nSPS) is 19.2. The highest BCUT2D eigenvalue weighted by molar-refractivity contribution is 5.77. The maximum atomic E-state index is 12.6. The SMILES string of the molecule is C#Cc1cccc(C[C@H](NC(=O)COCC)[C@@H](O)CN[C@H]2CC3(CCC3)Oc3ncc(CC(C)(C)C)cc32)c1. The molecule has 39 heavy (non-hydrogen) atoms. The molecule has 1 aromatic heterocycles. The van der Waals surface area contributed by atoms with Gasteiger partial charge in [-0.3, -0.25) is 4.79 Å². The third-order valence-corrected chi connectivity index (χ3v) is 7.57. The van der Waals surface area contributed by atoms with Gasteiger partial charge >= 0.3 is 0 Å². The van der Waals surface area contributed by atoms with Crippen LogP contribution in [-0.2, 0) is 22.4 Å². The van der Waals surface area contributed by atoms with Gasteiger partial charge < -0.3 is 25.2 Å². The Hall–Kier alpha value is -2.92. The first-order chi connectivity index (χ1) is 18.6. The fourth-order valence-corrected chi connectivity index (χ4v) is 5.52. The second kappa shape index (κ2) is 12.5. The highest BCUT2D eigenvalue weighted by Crippen LogP contribution is 2.48. The predicted molar refractivity (Wildman–Crippen MR) is 152 cm³/mol. The minimum absolute atomic E-state index is 0.000614. The van der Waals surface area contributed by atoms with Crippen LogP contribution in [-0.4, -0.2) is 53.5 Å². The second-order valence-electron chi connectivity index (χ2n) is 12.2. The summed E-state index contributed by atoms with van der Waals surface area (Å²) in [6.45, 7) is 9.21. The zero-order chi connectivity index (χ0) is 28.0. The van der Waals surface area contributed by atoms with Crippen LogP contribution in [0.4, 0.5) is 0 Å². The molecule has 1 aliphatic carbocycles. The maximum absolute atomic E-state index is 12.6. The summed E-state index contributed by atoms with van der Waals surface area (Å²) >= 11 is 0. The minimum atomic E-state index is -0.834. The number of ether oxygens (including phenoxy) is 2.